The molecule has 0 aromatic heterocycles. The monoisotopic (exact) mass is 462 g/mol. The van der Waals surface area contributed by atoms with Crippen LogP contribution in [0, 0.1) is 18.8 Å². The molecule has 0 N–H and O–H groups in total. The van der Waals surface area contributed by atoms with Gasteiger partial charge in [0.15, 0.2) is 5.78 Å². The van der Waals surface area contributed by atoms with Crippen molar-refractivity contribution in [2.45, 2.75) is 39.0 Å². The van der Waals surface area contributed by atoms with Gasteiger partial charge in [0.1, 0.15) is 5.75 Å². The van der Waals surface area contributed by atoms with Crippen LogP contribution in [0.15, 0.2) is 108 Å². The lowest BCUT2D eigenvalue weighted by molar-refractivity contribution is -0.139. The molecule has 2 aliphatic rings. The Morgan fingerprint density at radius 2 is 1.54 bits per heavy atom. The smallest absolute Gasteiger partial charge is 0.314 e. The van der Waals surface area contributed by atoms with E-state index in [-0.39, 0.29) is 23.6 Å². The normalized spacial score (nSPS) is 19.7. The highest BCUT2D eigenvalue weighted by Crippen LogP contribution is 2.40. The molecule has 0 spiro atoms. The van der Waals surface area contributed by atoms with Gasteiger partial charge in [0.05, 0.1) is 5.92 Å². The van der Waals surface area contributed by atoms with E-state index in [0.29, 0.717) is 31.4 Å². The van der Waals surface area contributed by atoms with Crippen molar-refractivity contribution in [3.8, 4) is 5.75 Å². The quantitative estimate of drug-likeness (QED) is 0.306. The molecule has 0 saturated carbocycles. The standard InChI is InChI=1S/C32H30O3/c1-22-12-15-28(16-13-22)35-32(34)25-14-17-29-27(20-25)21-26(18-23-8-4-2-5-9-23)30(31(29)33)19-24-10-6-3-7-11-24/h2-13,15-16,21,25,30H,14,17-20H2,1H3/t25?,30-/m1/s1. The summed E-state index contributed by atoms with van der Waals surface area (Å²) in [6.45, 7) is 2.01. The zero-order valence-electron chi connectivity index (χ0n) is 20.1. The van der Waals surface area contributed by atoms with Gasteiger partial charge in [0.2, 0.25) is 0 Å². The Bertz CT molecular complexity index is 1270. The van der Waals surface area contributed by atoms with Crippen LogP contribution in [-0.4, -0.2) is 11.8 Å². The topological polar surface area (TPSA) is 43.4 Å². The molecule has 3 aromatic carbocycles. The van der Waals surface area contributed by atoms with Crippen LogP contribution < -0.4 is 4.74 Å². The minimum Gasteiger partial charge on any atom is -0.426 e. The molecule has 1 unspecified atom stereocenters. The number of allylic oxidation sites excluding steroid dienone is 4. The number of ether oxygens (including phenoxy) is 1. The molecular formula is C32H30O3. The van der Waals surface area contributed by atoms with Gasteiger partial charge in [-0.1, -0.05) is 90.0 Å². The third-order valence-electron chi connectivity index (χ3n) is 7.12. The Kier molecular flexibility index (Phi) is 6.76. The molecule has 176 valence electrons. The van der Waals surface area contributed by atoms with Crippen LogP contribution in [0.4, 0.5) is 0 Å². The second-order valence-electron chi connectivity index (χ2n) is 9.67. The lowest BCUT2D eigenvalue weighted by atomic mass is 9.71. The van der Waals surface area contributed by atoms with Gasteiger partial charge in [-0.05, 0) is 73.4 Å². The van der Waals surface area contributed by atoms with Crippen LogP contribution in [0.1, 0.15) is 36.0 Å². The van der Waals surface area contributed by atoms with E-state index in [2.05, 4.69) is 30.3 Å². The predicted molar refractivity (Wildman–Crippen MR) is 138 cm³/mol. The van der Waals surface area contributed by atoms with Gasteiger partial charge in [-0.25, -0.2) is 0 Å². The van der Waals surface area contributed by atoms with Crippen molar-refractivity contribution in [3.05, 3.63) is 124 Å². The molecule has 0 fully saturated rings. The molecule has 0 saturated heterocycles. The fourth-order valence-electron chi connectivity index (χ4n) is 5.19. The molecule has 2 aliphatic carbocycles. The maximum Gasteiger partial charge on any atom is 0.314 e. The average molecular weight is 463 g/mol. The van der Waals surface area contributed by atoms with Crippen molar-refractivity contribution in [3.63, 3.8) is 0 Å². The fraction of sp³-hybridized carbons (Fsp3) is 0.250. The zero-order valence-corrected chi connectivity index (χ0v) is 20.1. The minimum atomic E-state index is -0.234. The predicted octanol–water partition coefficient (Wildman–Crippen LogP) is 6.61. The maximum atomic E-state index is 13.7. The Morgan fingerprint density at radius 3 is 2.23 bits per heavy atom. The number of benzene rings is 3. The Balaban J connectivity index is 1.39. The second kappa shape index (κ2) is 10.3. The molecule has 0 heterocycles. The Hall–Kier alpha value is -3.72. The second-order valence-corrected chi connectivity index (χ2v) is 9.67. The summed E-state index contributed by atoms with van der Waals surface area (Å²) in [6, 6.07) is 28.1. The van der Waals surface area contributed by atoms with Crippen LogP contribution in [0.3, 0.4) is 0 Å². The summed E-state index contributed by atoms with van der Waals surface area (Å²) in [7, 11) is 0. The molecule has 3 aromatic rings. The number of rotatable bonds is 6. The van der Waals surface area contributed by atoms with Gasteiger partial charge in [0.25, 0.3) is 0 Å². The van der Waals surface area contributed by atoms with E-state index in [0.717, 1.165) is 28.7 Å². The number of carbonyl (C=O) groups is 2. The van der Waals surface area contributed by atoms with Crippen LogP contribution in [0.2, 0.25) is 0 Å². The van der Waals surface area contributed by atoms with E-state index in [1.54, 1.807) is 0 Å². The summed E-state index contributed by atoms with van der Waals surface area (Å²) in [4.78, 5) is 26.7. The third-order valence-corrected chi connectivity index (χ3v) is 7.12. The number of aryl methyl sites for hydroxylation is 1. The SMILES string of the molecule is Cc1ccc(OC(=O)C2CCC3=C(C=C(Cc4ccccc4)[C@@H](Cc4ccccc4)C3=O)C2)cc1. The molecule has 0 aliphatic heterocycles. The van der Waals surface area contributed by atoms with E-state index in [4.69, 9.17) is 4.74 Å². The lowest BCUT2D eigenvalue weighted by Crippen LogP contribution is -2.31. The Morgan fingerprint density at radius 1 is 0.886 bits per heavy atom. The van der Waals surface area contributed by atoms with Gasteiger partial charge < -0.3 is 4.74 Å². The summed E-state index contributed by atoms with van der Waals surface area (Å²) in [5.41, 5.74) is 6.55. The van der Waals surface area contributed by atoms with Crippen LogP contribution in [-0.2, 0) is 22.4 Å². The number of esters is 1. The first-order valence-electron chi connectivity index (χ1n) is 12.4. The van der Waals surface area contributed by atoms with E-state index in [1.807, 2.05) is 67.6 Å². The molecule has 3 heteroatoms. The highest BCUT2D eigenvalue weighted by Gasteiger charge is 2.36. The molecule has 35 heavy (non-hydrogen) atoms. The zero-order chi connectivity index (χ0) is 24.2. The third kappa shape index (κ3) is 5.35. The number of hydrogen-bond donors (Lipinski definition) is 0. The summed E-state index contributed by atoms with van der Waals surface area (Å²) >= 11 is 0. The van der Waals surface area contributed by atoms with Gasteiger partial charge in [-0.3, -0.25) is 9.59 Å². The molecular weight excluding hydrogens is 432 g/mol. The van der Waals surface area contributed by atoms with E-state index >= 15 is 0 Å². The van der Waals surface area contributed by atoms with Gasteiger partial charge in [-0.15, -0.1) is 0 Å². The number of Topliss-reactive ketones (excluding diaryl/α,β-unsaturated/α-hetero) is 1. The maximum absolute atomic E-state index is 13.7. The van der Waals surface area contributed by atoms with Crippen LogP contribution in [0.5, 0.6) is 5.75 Å². The van der Waals surface area contributed by atoms with Crippen LogP contribution >= 0.6 is 0 Å². The molecule has 2 atom stereocenters. The Labute approximate surface area is 207 Å². The summed E-state index contributed by atoms with van der Waals surface area (Å²) < 4.78 is 5.67. The molecule has 0 amide bonds. The number of hydrogen-bond acceptors (Lipinski definition) is 3. The summed E-state index contributed by atoms with van der Waals surface area (Å²) in [5, 5.41) is 0. The van der Waals surface area contributed by atoms with E-state index in [1.165, 1.54) is 11.1 Å². The number of ketones is 1. The molecule has 3 nitrogen and oxygen atoms in total. The fourth-order valence-corrected chi connectivity index (χ4v) is 5.19. The largest absolute Gasteiger partial charge is 0.426 e. The van der Waals surface area contributed by atoms with Crippen molar-refractivity contribution >= 4 is 11.8 Å². The van der Waals surface area contributed by atoms with E-state index < -0.39 is 0 Å². The molecule has 5 rings (SSSR count). The van der Waals surface area contributed by atoms with Gasteiger partial charge >= 0.3 is 5.97 Å². The van der Waals surface area contributed by atoms with Crippen molar-refractivity contribution in [2.75, 3.05) is 0 Å². The van der Waals surface area contributed by atoms with Crippen LogP contribution in [0.25, 0.3) is 0 Å². The number of carbonyl (C=O) groups excluding carboxylic acids is 2. The first kappa shape index (κ1) is 23.0. The lowest BCUT2D eigenvalue weighted by Gasteiger charge is -2.32. The first-order chi connectivity index (χ1) is 17.1. The van der Waals surface area contributed by atoms with E-state index in [9.17, 15) is 9.59 Å². The van der Waals surface area contributed by atoms with Crippen molar-refractivity contribution < 1.29 is 14.3 Å². The highest BCUT2D eigenvalue weighted by atomic mass is 16.5. The van der Waals surface area contributed by atoms with Crippen molar-refractivity contribution in [1.29, 1.82) is 0 Å². The molecule has 0 bridgehead atoms. The summed E-state index contributed by atoms with van der Waals surface area (Å²) in [5.74, 6) is 0.193. The summed E-state index contributed by atoms with van der Waals surface area (Å²) in [6.07, 6.45) is 5.48. The van der Waals surface area contributed by atoms with Crippen molar-refractivity contribution in [1.82, 2.24) is 0 Å². The van der Waals surface area contributed by atoms with Gasteiger partial charge in [0, 0.05) is 5.92 Å². The highest BCUT2D eigenvalue weighted by molar-refractivity contribution is 6.02. The first-order valence-corrected chi connectivity index (χ1v) is 12.4. The van der Waals surface area contributed by atoms with Crippen molar-refractivity contribution in [2.24, 2.45) is 11.8 Å². The minimum absolute atomic E-state index is 0.160. The molecule has 0 radical (unpaired) electrons. The average Bonchev–Trinajstić information content (AvgIpc) is 2.88. The van der Waals surface area contributed by atoms with Gasteiger partial charge in [-0.2, -0.15) is 0 Å².